The lowest BCUT2D eigenvalue weighted by molar-refractivity contribution is -0.0728. The van der Waals surface area contributed by atoms with Gasteiger partial charge < -0.3 is 19.7 Å². The second-order valence-electron chi connectivity index (χ2n) is 8.05. The maximum absolute atomic E-state index is 12.3. The van der Waals surface area contributed by atoms with E-state index >= 15 is 0 Å². The molecule has 2 atom stereocenters. The lowest BCUT2D eigenvalue weighted by Gasteiger charge is -2.35. The monoisotopic (exact) mass is 326 g/mol. The van der Waals surface area contributed by atoms with Gasteiger partial charge in [-0.05, 0) is 44.4 Å². The number of nitrogens with one attached hydrogen (secondary N) is 1. The summed E-state index contributed by atoms with van der Waals surface area (Å²) in [4.78, 5) is 14.2. The van der Waals surface area contributed by atoms with E-state index in [1.807, 2.05) is 4.90 Å². The summed E-state index contributed by atoms with van der Waals surface area (Å²) < 4.78 is 11.7. The summed E-state index contributed by atoms with van der Waals surface area (Å²) in [5.74, 6) is 0. The zero-order valence-corrected chi connectivity index (χ0v) is 15.3. The molecular formula is C18H34N2O3. The van der Waals surface area contributed by atoms with Crippen molar-refractivity contribution in [3.05, 3.63) is 0 Å². The van der Waals surface area contributed by atoms with E-state index in [4.69, 9.17) is 9.47 Å². The largest absolute Gasteiger partial charge is 0.376 e. The van der Waals surface area contributed by atoms with Gasteiger partial charge in [0.25, 0.3) is 0 Å². The number of amides is 2. The van der Waals surface area contributed by atoms with E-state index < -0.39 is 0 Å². The number of urea groups is 1. The Labute approximate surface area is 141 Å². The molecule has 0 saturated carbocycles. The molecule has 5 heteroatoms. The van der Waals surface area contributed by atoms with Gasteiger partial charge in [-0.3, -0.25) is 0 Å². The Balaban J connectivity index is 1.66. The lowest BCUT2D eigenvalue weighted by atomic mass is 9.88. The maximum atomic E-state index is 12.3. The van der Waals surface area contributed by atoms with Crippen LogP contribution in [0.2, 0.25) is 0 Å². The van der Waals surface area contributed by atoms with Gasteiger partial charge in [0.05, 0.1) is 18.8 Å². The predicted molar refractivity (Wildman–Crippen MR) is 91.6 cm³/mol. The Morgan fingerprint density at radius 1 is 1.26 bits per heavy atom. The number of likely N-dealkylation sites (tertiary alicyclic amines) is 1. The van der Waals surface area contributed by atoms with Crippen LogP contribution in [0.3, 0.4) is 0 Å². The van der Waals surface area contributed by atoms with Crippen molar-refractivity contribution in [2.75, 3.05) is 26.3 Å². The molecule has 0 spiro atoms. The molecule has 0 radical (unpaired) electrons. The number of piperidine rings is 1. The highest BCUT2D eigenvalue weighted by molar-refractivity contribution is 5.74. The van der Waals surface area contributed by atoms with Crippen LogP contribution in [-0.4, -0.2) is 55.5 Å². The molecular weight excluding hydrogens is 292 g/mol. The third-order valence-electron chi connectivity index (χ3n) is 5.16. The van der Waals surface area contributed by atoms with E-state index in [-0.39, 0.29) is 29.7 Å². The summed E-state index contributed by atoms with van der Waals surface area (Å²) in [5, 5.41) is 3.11. The lowest BCUT2D eigenvalue weighted by Crippen LogP contribution is -2.51. The van der Waals surface area contributed by atoms with Crippen LogP contribution in [0.25, 0.3) is 0 Å². The molecule has 2 saturated heterocycles. The first kappa shape index (κ1) is 18.5. The molecule has 5 nitrogen and oxygen atoms in total. The van der Waals surface area contributed by atoms with Gasteiger partial charge in [-0.1, -0.05) is 20.8 Å². The molecule has 2 rings (SSSR count). The SMILES string of the molecule is C[C@@H](NC(=O)N1CCC(OC[C@H]2CCCCO2)CC1)C(C)(C)C. The maximum Gasteiger partial charge on any atom is 0.317 e. The zero-order chi connectivity index (χ0) is 16.9. The third kappa shape index (κ3) is 5.96. The van der Waals surface area contributed by atoms with Crippen molar-refractivity contribution in [3.63, 3.8) is 0 Å². The molecule has 2 heterocycles. The highest BCUT2D eigenvalue weighted by atomic mass is 16.5. The number of ether oxygens (including phenoxy) is 2. The summed E-state index contributed by atoms with van der Waals surface area (Å²) in [7, 11) is 0. The van der Waals surface area contributed by atoms with Crippen molar-refractivity contribution in [1.82, 2.24) is 10.2 Å². The van der Waals surface area contributed by atoms with Crippen LogP contribution in [0.15, 0.2) is 0 Å². The highest BCUT2D eigenvalue weighted by Gasteiger charge is 2.27. The van der Waals surface area contributed by atoms with E-state index in [1.165, 1.54) is 12.8 Å². The summed E-state index contributed by atoms with van der Waals surface area (Å²) >= 11 is 0. The van der Waals surface area contributed by atoms with Gasteiger partial charge in [-0.15, -0.1) is 0 Å². The number of rotatable bonds is 4. The summed E-state index contributed by atoms with van der Waals surface area (Å²) in [5.41, 5.74) is 0.0804. The Kier molecular flexibility index (Phi) is 6.72. The van der Waals surface area contributed by atoms with Gasteiger partial charge >= 0.3 is 6.03 Å². The number of nitrogens with zero attached hydrogens (tertiary/aromatic N) is 1. The number of hydrogen-bond donors (Lipinski definition) is 1. The van der Waals surface area contributed by atoms with Gasteiger partial charge in [0.15, 0.2) is 0 Å². The van der Waals surface area contributed by atoms with Gasteiger partial charge in [0.1, 0.15) is 0 Å². The Morgan fingerprint density at radius 3 is 2.52 bits per heavy atom. The van der Waals surface area contributed by atoms with E-state index in [1.54, 1.807) is 0 Å². The first-order valence-corrected chi connectivity index (χ1v) is 9.15. The first-order valence-electron chi connectivity index (χ1n) is 9.15. The molecule has 0 aromatic rings. The van der Waals surface area contributed by atoms with Gasteiger partial charge in [0.2, 0.25) is 0 Å². The van der Waals surface area contributed by atoms with Crippen molar-refractivity contribution in [2.24, 2.45) is 5.41 Å². The van der Waals surface area contributed by atoms with Crippen molar-refractivity contribution >= 4 is 6.03 Å². The number of carbonyl (C=O) groups excluding carboxylic acids is 1. The zero-order valence-electron chi connectivity index (χ0n) is 15.3. The third-order valence-corrected chi connectivity index (χ3v) is 5.16. The second-order valence-corrected chi connectivity index (χ2v) is 8.05. The molecule has 0 aliphatic carbocycles. The van der Waals surface area contributed by atoms with Crippen LogP contribution in [0.5, 0.6) is 0 Å². The van der Waals surface area contributed by atoms with Crippen LogP contribution in [0.4, 0.5) is 4.79 Å². The molecule has 0 bridgehead atoms. The van der Waals surface area contributed by atoms with E-state index in [2.05, 4.69) is 33.0 Å². The molecule has 0 unspecified atom stereocenters. The van der Waals surface area contributed by atoms with E-state index in [9.17, 15) is 4.79 Å². The molecule has 2 amide bonds. The van der Waals surface area contributed by atoms with Crippen LogP contribution in [-0.2, 0) is 9.47 Å². The molecule has 0 aromatic carbocycles. The minimum Gasteiger partial charge on any atom is -0.376 e. The van der Waals surface area contributed by atoms with Gasteiger partial charge in [-0.25, -0.2) is 4.79 Å². The smallest absolute Gasteiger partial charge is 0.317 e. The topological polar surface area (TPSA) is 50.8 Å². The van der Waals surface area contributed by atoms with Crippen LogP contribution in [0, 0.1) is 5.41 Å². The molecule has 23 heavy (non-hydrogen) atoms. The Hall–Kier alpha value is -0.810. The molecule has 1 N–H and O–H groups in total. The fraction of sp³-hybridized carbons (Fsp3) is 0.944. The Morgan fingerprint density at radius 2 is 1.96 bits per heavy atom. The molecule has 0 aromatic heterocycles. The standard InChI is InChI=1S/C18H34N2O3/c1-14(18(2,3)4)19-17(21)20-10-8-15(9-11-20)23-13-16-7-5-6-12-22-16/h14-16H,5-13H2,1-4H3,(H,19,21)/t14-,16-/m1/s1. The molecule has 2 aliphatic heterocycles. The van der Waals surface area contributed by atoms with Gasteiger partial charge in [0, 0.05) is 25.7 Å². The molecule has 2 aliphatic rings. The average Bonchev–Trinajstić information content (AvgIpc) is 2.53. The Bertz CT molecular complexity index is 367. The first-order chi connectivity index (χ1) is 10.9. The van der Waals surface area contributed by atoms with Crippen molar-refractivity contribution in [2.45, 2.75) is 78.0 Å². The number of carbonyl (C=O) groups is 1. The van der Waals surface area contributed by atoms with E-state index in [0.29, 0.717) is 6.61 Å². The van der Waals surface area contributed by atoms with E-state index in [0.717, 1.165) is 39.0 Å². The average molecular weight is 326 g/mol. The second kappa shape index (κ2) is 8.34. The summed E-state index contributed by atoms with van der Waals surface area (Å²) in [6, 6.07) is 0.217. The number of hydrogen-bond acceptors (Lipinski definition) is 3. The predicted octanol–water partition coefficient (Wildman–Crippen LogP) is 3.18. The van der Waals surface area contributed by atoms with Crippen molar-refractivity contribution < 1.29 is 14.3 Å². The van der Waals surface area contributed by atoms with Crippen molar-refractivity contribution in [3.8, 4) is 0 Å². The molecule has 134 valence electrons. The minimum atomic E-state index is 0.0569. The fourth-order valence-corrected chi connectivity index (χ4v) is 2.90. The quantitative estimate of drug-likeness (QED) is 0.863. The fourth-order valence-electron chi connectivity index (χ4n) is 2.90. The summed E-state index contributed by atoms with van der Waals surface area (Å²) in [6.45, 7) is 11.6. The van der Waals surface area contributed by atoms with Gasteiger partial charge in [-0.2, -0.15) is 0 Å². The molecule has 2 fully saturated rings. The highest BCUT2D eigenvalue weighted by Crippen LogP contribution is 2.20. The van der Waals surface area contributed by atoms with Crippen molar-refractivity contribution in [1.29, 1.82) is 0 Å². The summed E-state index contributed by atoms with van der Waals surface area (Å²) in [6.07, 6.45) is 5.93. The van der Waals surface area contributed by atoms with Crippen LogP contribution < -0.4 is 5.32 Å². The minimum absolute atomic E-state index is 0.0569. The van der Waals surface area contributed by atoms with Crippen LogP contribution in [0.1, 0.15) is 59.8 Å². The normalized spacial score (nSPS) is 25.2. The van der Waals surface area contributed by atoms with Crippen LogP contribution >= 0.6 is 0 Å².